The number of ether oxygens (including phenoxy) is 1. The van der Waals surface area contributed by atoms with Crippen molar-refractivity contribution in [3.8, 4) is 0 Å². The maximum atomic E-state index is 13.0. The van der Waals surface area contributed by atoms with Crippen LogP contribution in [0.5, 0.6) is 0 Å². The average Bonchev–Trinajstić information content (AvgIpc) is 3.15. The third-order valence-corrected chi connectivity index (χ3v) is 5.87. The SMILES string of the molecule is COCc1cn(CC2CC3CCN2CC3C(=O)NCc2ccc(F)cc2)nn1. The van der Waals surface area contributed by atoms with Crippen molar-refractivity contribution in [1.82, 2.24) is 25.2 Å². The lowest BCUT2D eigenvalue weighted by atomic mass is 9.75. The predicted octanol–water partition coefficient (Wildman–Crippen LogP) is 1.59. The molecule has 3 aliphatic rings. The van der Waals surface area contributed by atoms with Crippen molar-refractivity contribution in [3.63, 3.8) is 0 Å². The number of carbonyl (C=O) groups is 1. The molecule has 3 saturated heterocycles. The van der Waals surface area contributed by atoms with Crippen molar-refractivity contribution in [2.45, 2.75) is 38.6 Å². The van der Waals surface area contributed by atoms with Crippen LogP contribution in [0.3, 0.4) is 0 Å². The Bertz CT molecular complexity index is 809. The maximum Gasteiger partial charge on any atom is 0.224 e. The van der Waals surface area contributed by atoms with Crippen LogP contribution >= 0.6 is 0 Å². The Morgan fingerprint density at radius 1 is 1.36 bits per heavy atom. The lowest BCUT2D eigenvalue weighted by Gasteiger charge is -2.49. The van der Waals surface area contributed by atoms with E-state index < -0.39 is 0 Å². The Morgan fingerprint density at radius 2 is 2.18 bits per heavy atom. The largest absolute Gasteiger partial charge is 0.378 e. The first-order valence-electron chi connectivity index (χ1n) is 9.76. The Hall–Kier alpha value is -2.32. The number of amides is 1. The van der Waals surface area contributed by atoms with Crippen LogP contribution in [0.1, 0.15) is 24.1 Å². The second kappa shape index (κ2) is 8.36. The number of aromatic nitrogens is 3. The van der Waals surface area contributed by atoms with Crippen LogP contribution in [0, 0.1) is 17.7 Å². The highest BCUT2D eigenvalue weighted by atomic mass is 19.1. The summed E-state index contributed by atoms with van der Waals surface area (Å²) < 4.78 is 20.0. The molecule has 1 aromatic carbocycles. The summed E-state index contributed by atoms with van der Waals surface area (Å²) >= 11 is 0. The van der Waals surface area contributed by atoms with E-state index in [-0.39, 0.29) is 17.6 Å². The quantitative estimate of drug-likeness (QED) is 0.781. The second-order valence-corrected chi connectivity index (χ2v) is 7.75. The molecule has 1 N–H and O–H groups in total. The molecule has 2 aromatic rings. The fourth-order valence-electron chi connectivity index (χ4n) is 4.41. The van der Waals surface area contributed by atoms with Gasteiger partial charge < -0.3 is 10.1 Å². The molecule has 150 valence electrons. The van der Waals surface area contributed by atoms with Gasteiger partial charge in [0.15, 0.2) is 0 Å². The molecule has 0 aliphatic carbocycles. The predicted molar refractivity (Wildman–Crippen MR) is 101 cm³/mol. The molecular formula is C20H26FN5O2. The van der Waals surface area contributed by atoms with Gasteiger partial charge in [-0.15, -0.1) is 5.10 Å². The molecule has 4 atom stereocenters. The van der Waals surface area contributed by atoms with Gasteiger partial charge in [0.25, 0.3) is 0 Å². The summed E-state index contributed by atoms with van der Waals surface area (Å²) in [6.45, 7) is 3.50. The topological polar surface area (TPSA) is 72.3 Å². The number of hydrogen-bond donors (Lipinski definition) is 1. The molecule has 28 heavy (non-hydrogen) atoms. The van der Waals surface area contributed by atoms with E-state index in [1.54, 1.807) is 19.2 Å². The molecule has 4 heterocycles. The minimum absolute atomic E-state index is 0.0187. The van der Waals surface area contributed by atoms with Crippen LogP contribution in [-0.2, 0) is 29.2 Å². The van der Waals surface area contributed by atoms with Gasteiger partial charge in [0.2, 0.25) is 5.91 Å². The third kappa shape index (κ3) is 4.23. The third-order valence-electron chi connectivity index (χ3n) is 5.87. The smallest absolute Gasteiger partial charge is 0.224 e. The molecule has 0 saturated carbocycles. The Labute approximate surface area is 163 Å². The first-order chi connectivity index (χ1) is 13.6. The Balaban J connectivity index is 1.31. The van der Waals surface area contributed by atoms with Crippen LogP contribution in [0.4, 0.5) is 4.39 Å². The fraction of sp³-hybridized carbons (Fsp3) is 0.550. The number of rotatable bonds is 7. The number of piperidine rings is 3. The highest BCUT2D eigenvalue weighted by Crippen LogP contribution is 2.37. The van der Waals surface area contributed by atoms with Crippen molar-refractivity contribution in [2.75, 3.05) is 20.2 Å². The van der Waals surface area contributed by atoms with E-state index in [1.165, 1.54) is 12.1 Å². The van der Waals surface area contributed by atoms with Crippen LogP contribution in [-0.4, -0.2) is 52.0 Å². The number of benzene rings is 1. The molecule has 7 nitrogen and oxygen atoms in total. The molecule has 3 fully saturated rings. The Kier molecular flexibility index (Phi) is 5.68. The number of halogens is 1. The summed E-state index contributed by atoms with van der Waals surface area (Å²) in [6, 6.07) is 6.64. The number of hydrogen-bond acceptors (Lipinski definition) is 5. The zero-order chi connectivity index (χ0) is 19.5. The normalized spacial score (nSPS) is 26.4. The standard InChI is InChI=1S/C20H26FN5O2/c1-28-13-17-10-26(24-23-17)11-18-8-15-6-7-25(18)12-19(15)20(27)22-9-14-2-4-16(21)5-3-14/h2-5,10,15,18-19H,6-9,11-13H2,1H3,(H,22,27). The van der Waals surface area contributed by atoms with Crippen LogP contribution in [0.2, 0.25) is 0 Å². The van der Waals surface area contributed by atoms with E-state index in [0.717, 1.165) is 43.7 Å². The first kappa shape index (κ1) is 19.0. The number of carbonyl (C=O) groups excluding carboxylic acids is 1. The van der Waals surface area contributed by atoms with Gasteiger partial charge in [0.05, 0.1) is 25.3 Å². The number of methoxy groups -OCH3 is 1. The van der Waals surface area contributed by atoms with Crippen LogP contribution in [0.15, 0.2) is 30.5 Å². The maximum absolute atomic E-state index is 13.0. The van der Waals surface area contributed by atoms with Crippen molar-refractivity contribution < 1.29 is 13.9 Å². The van der Waals surface area contributed by atoms with Crippen molar-refractivity contribution in [1.29, 1.82) is 0 Å². The van der Waals surface area contributed by atoms with E-state index in [0.29, 0.717) is 25.1 Å². The summed E-state index contributed by atoms with van der Waals surface area (Å²) in [7, 11) is 1.64. The summed E-state index contributed by atoms with van der Waals surface area (Å²) in [5.74, 6) is 0.247. The van der Waals surface area contributed by atoms with E-state index in [9.17, 15) is 9.18 Å². The average molecular weight is 387 g/mol. The monoisotopic (exact) mass is 387 g/mol. The lowest BCUT2D eigenvalue weighted by Crippen LogP contribution is -2.58. The van der Waals surface area contributed by atoms with Gasteiger partial charge in [0.1, 0.15) is 11.5 Å². The van der Waals surface area contributed by atoms with Gasteiger partial charge in [0, 0.05) is 26.2 Å². The van der Waals surface area contributed by atoms with Crippen molar-refractivity contribution in [3.05, 3.63) is 47.5 Å². The first-order valence-corrected chi connectivity index (χ1v) is 9.76. The number of nitrogens with zero attached hydrogens (tertiary/aromatic N) is 4. The molecule has 0 spiro atoms. The van der Waals surface area contributed by atoms with Gasteiger partial charge in [-0.3, -0.25) is 14.4 Å². The van der Waals surface area contributed by atoms with Gasteiger partial charge >= 0.3 is 0 Å². The van der Waals surface area contributed by atoms with Crippen LogP contribution in [0.25, 0.3) is 0 Å². The lowest BCUT2D eigenvalue weighted by molar-refractivity contribution is -0.133. The highest BCUT2D eigenvalue weighted by Gasteiger charge is 2.43. The number of nitrogens with one attached hydrogen (secondary N) is 1. The minimum atomic E-state index is -0.264. The van der Waals surface area contributed by atoms with Crippen LogP contribution < -0.4 is 5.32 Å². The molecule has 8 heteroatoms. The van der Waals surface area contributed by atoms with Gasteiger partial charge in [-0.25, -0.2) is 4.39 Å². The summed E-state index contributed by atoms with van der Waals surface area (Å²) in [5.41, 5.74) is 1.74. The molecule has 1 aromatic heterocycles. The minimum Gasteiger partial charge on any atom is -0.378 e. The molecule has 2 bridgehead atoms. The zero-order valence-electron chi connectivity index (χ0n) is 16.1. The van der Waals surface area contributed by atoms with Gasteiger partial charge in [-0.05, 0) is 43.0 Å². The van der Waals surface area contributed by atoms with E-state index in [2.05, 4.69) is 20.5 Å². The van der Waals surface area contributed by atoms with E-state index >= 15 is 0 Å². The summed E-state index contributed by atoms with van der Waals surface area (Å²) in [4.78, 5) is 15.1. The second-order valence-electron chi connectivity index (χ2n) is 7.75. The van der Waals surface area contributed by atoms with E-state index in [4.69, 9.17) is 4.74 Å². The van der Waals surface area contributed by atoms with Gasteiger partial charge in [-0.2, -0.15) is 0 Å². The Morgan fingerprint density at radius 3 is 2.89 bits per heavy atom. The highest BCUT2D eigenvalue weighted by molar-refractivity contribution is 5.79. The van der Waals surface area contributed by atoms with Gasteiger partial charge in [-0.1, -0.05) is 17.3 Å². The molecule has 3 aliphatic heterocycles. The zero-order valence-corrected chi connectivity index (χ0v) is 16.1. The number of fused-ring (bicyclic) bond motifs is 3. The fourth-order valence-corrected chi connectivity index (χ4v) is 4.41. The van der Waals surface area contributed by atoms with Crippen molar-refractivity contribution >= 4 is 5.91 Å². The van der Waals surface area contributed by atoms with E-state index in [1.807, 2.05) is 10.9 Å². The summed E-state index contributed by atoms with van der Waals surface area (Å²) in [6.07, 6.45) is 3.98. The summed E-state index contributed by atoms with van der Waals surface area (Å²) in [5, 5.41) is 11.3. The molecule has 4 unspecified atom stereocenters. The van der Waals surface area contributed by atoms with Crippen molar-refractivity contribution in [2.24, 2.45) is 11.8 Å². The molecule has 0 radical (unpaired) electrons. The molecule has 5 rings (SSSR count). The molecular weight excluding hydrogens is 361 g/mol. The molecule has 1 amide bonds.